The maximum absolute atomic E-state index is 12.2. The molecule has 3 N–H and O–H groups in total. The number of carboxylic acid groups (broad SMARTS) is 3. The fourth-order valence-electron chi connectivity index (χ4n) is 4.42. The molecule has 200 valence electrons. The third kappa shape index (κ3) is 14.4. The van der Waals surface area contributed by atoms with Gasteiger partial charge in [-0.1, -0.05) is 59.6 Å². The van der Waals surface area contributed by atoms with Crippen molar-refractivity contribution in [1.29, 1.82) is 0 Å². The van der Waals surface area contributed by atoms with Crippen LogP contribution in [-0.4, -0.2) is 45.3 Å². The van der Waals surface area contributed by atoms with Crippen LogP contribution in [0.25, 0.3) is 0 Å². The first-order chi connectivity index (χ1) is 16.2. The van der Waals surface area contributed by atoms with E-state index in [0.717, 1.165) is 24.3 Å². The van der Waals surface area contributed by atoms with E-state index < -0.39 is 42.3 Å². The third-order valence-electron chi connectivity index (χ3n) is 6.13. The number of carbonyl (C=O) groups excluding carboxylic acids is 1. The molecule has 0 aliphatic rings. The topological polar surface area (TPSA) is 138 Å². The van der Waals surface area contributed by atoms with Crippen molar-refractivity contribution in [2.45, 2.75) is 93.1 Å². The van der Waals surface area contributed by atoms with Crippen molar-refractivity contribution < 1.29 is 39.2 Å². The molecule has 0 spiro atoms. The lowest BCUT2D eigenvalue weighted by atomic mass is 9.84. The molecule has 35 heavy (non-hydrogen) atoms. The highest BCUT2D eigenvalue weighted by molar-refractivity contribution is 5.89. The Morgan fingerprint density at radius 1 is 0.829 bits per heavy atom. The number of aliphatic carboxylic acids is 3. The summed E-state index contributed by atoms with van der Waals surface area (Å²) < 4.78 is 4.79. The van der Waals surface area contributed by atoms with Crippen LogP contribution in [0, 0.1) is 29.6 Å². The van der Waals surface area contributed by atoms with Crippen molar-refractivity contribution in [2.75, 3.05) is 0 Å². The van der Waals surface area contributed by atoms with E-state index in [-0.39, 0.29) is 17.9 Å². The molecule has 0 saturated heterocycles. The van der Waals surface area contributed by atoms with E-state index in [1.165, 1.54) is 25.8 Å². The molecule has 0 aromatic carbocycles. The summed E-state index contributed by atoms with van der Waals surface area (Å²) in [6.45, 7) is 14.4. The summed E-state index contributed by atoms with van der Waals surface area (Å²) in [4.78, 5) is 45.9. The van der Waals surface area contributed by atoms with Gasteiger partial charge in [0.2, 0.25) is 6.10 Å². The molecule has 8 nitrogen and oxygen atoms in total. The van der Waals surface area contributed by atoms with Gasteiger partial charge in [0.05, 0.1) is 12.3 Å². The van der Waals surface area contributed by atoms with Gasteiger partial charge in [-0.25, -0.2) is 9.59 Å². The summed E-state index contributed by atoms with van der Waals surface area (Å²) in [6.07, 6.45) is 5.22. The van der Waals surface area contributed by atoms with E-state index in [2.05, 4.69) is 34.6 Å². The van der Waals surface area contributed by atoms with Crippen molar-refractivity contribution in [3.05, 3.63) is 23.3 Å². The fourth-order valence-corrected chi connectivity index (χ4v) is 4.42. The molecule has 5 unspecified atom stereocenters. The van der Waals surface area contributed by atoms with Gasteiger partial charge in [-0.3, -0.25) is 9.59 Å². The number of rotatable bonds is 17. The van der Waals surface area contributed by atoms with Gasteiger partial charge in [-0.15, -0.1) is 0 Å². The summed E-state index contributed by atoms with van der Waals surface area (Å²) in [5.41, 5.74) is 0.764. The molecule has 0 aromatic heterocycles. The molecular weight excluding hydrogens is 452 g/mol. The second-order valence-corrected chi connectivity index (χ2v) is 10.3. The summed E-state index contributed by atoms with van der Waals surface area (Å²) in [7, 11) is 0. The highest BCUT2D eigenvalue weighted by Crippen LogP contribution is 2.26. The molecule has 0 aromatic rings. The van der Waals surface area contributed by atoms with E-state index in [1.807, 2.05) is 13.0 Å². The molecule has 0 aliphatic heterocycles. The second kappa shape index (κ2) is 16.1. The van der Waals surface area contributed by atoms with Gasteiger partial charge in [-0.05, 0) is 62.4 Å². The Kier molecular flexibility index (Phi) is 14.9. The van der Waals surface area contributed by atoms with Crippen LogP contribution >= 0.6 is 0 Å². The van der Waals surface area contributed by atoms with Crippen LogP contribution in [0.1, 0.15) is 87.0 Å². The van der Waals surface area contributed by atoms with Gasteiger partial charge < -0.3 is 20.1 Å². The molecule has 0 rings (SSSR count). The van der Waals surface area contributed by atoms with Crippen molar-refractivity contribution in [1.82, 2.24) is 0 Å². The minimum absolute atomic E-state index is 0.00395. The molecule has 0 heterocycles. The van der Waals surface area contributed by atoms with Crippen LogP contribution in [0.2, 0.25) is 0 Å². The lowest BCUT2D eigenvalue weighted by Gasteiger charge is -2.21. The molecule has 6 atom stereocenters. The molecule has 0 aliphatic carbocycles. The molecule has 0 fully saturated rings. The average Bonchev–Trinajstić information content (AvgIpc) is 2.71. The smallest absolute Gasteiger partial charge is 0.345 e. The Morgan fingerprint density at radius 2 is 1.37 bits per heavy atom. The van der Waals surface area contributed by atoms with Crippen LogP contribution in [-0.2, 0) is 23.9 Å². The Morgan fingerprint density at radius 3 is 1.86 bits per heavy atom. The lowest BCUT2D eigenvalue weighted by molar-refractivity contribution is -0.169. The predicted molar refractivity (Wildman–Crippen MR) is 134 cm³/mol. The molecule has 8 heteroatoms. The normalized spacial score (nSPS) is 17.6. The van der Waals surface area contributed by atoms with Crippen LogP contribution in [0.3, 0.4) is 0 Å². The predicted octanol–water partition coefficient (Wildman–Crippen LogP) is 5.57. The van der Waals surface area contributed by atoms with E-state index in [9.17, 15) is 24.3 Å². The Hall–Kier alpha value is -2.64. The number of carbonyl (C=O) groups is 4. The monoisotopic (exact) mass is 496 g/mol. The van der Waals surface area contributed by atoms with Gasteiger partial charge in [0.25, 0.3) is 0 Å². The molecule has 0 radical (unpaired) electrons. The molecule has 0 saturated carbocycles. The maximum Gasteiger partial charge on any atom is 0.345 e. The van der Waals surface area contributed by atoms with Gasteiger partial charge in [-0.2, -0.15) is 0 Å². The first-order valence-corrected chi connectivity index (χ1v) is 12.4. The summed E-state index contributed by atoms with van der Waals surface area (Å²) in [6, 6.07) is 0. The van der Waals surface area contributed by atoms with Crippen LogP contribution < -0.4 is 0 Å². The molecule has 0 bridgehead atoms. The third-order valence-corrected chi connectivity index (χ3v) is 6.13. The number of esters is 1. The zero-order valence-corrected chi connectivity index (χ0v) is 22.2. The Bertz CT molecular complexity index is 782. The summed E-state index contributed by atoms with van der Waals surface area (Å²) in [5.74, 6) is -3.91. The zero-order valence-electron chi connectivity index (χ0n) is 22.2. The van der Waals surface area contributed by atoms with Gasteiger partial charge >= 0.3 is 23.9 Å². The molecular formula is C27H44O8. The van der Waals surface area contributed by atoms with E-state index in [1.54, 1.807) is 0 Å². The van der Waals surface area contributed by atoms with Crippen molar-refractivity contribution >= 4 is 23.9 Å². The number of ether oxygens (including phenoxy) is 1. The SMILES string of the molecule is CCC(C)CC(C)CC(C)CC(C)/C=C(C)/C=C(/CC(C)C(=O)O[C@@H](CC(=O)O)C(=O)O)C(=O)O. The Labute approximate surface area is 209 Å². The molecule has 0 amide bonds. The number of allylic oxidation sites excluding steroid dienone is 3. The van der Waals surface area contributed by atoms with Crippen LogP contribution in [0.4, 0.5) is 0 Å². The van der Waals surface area contributed by atoms with Crippen molar-refractivity contribution in [2.24, 2.45) is 29.6 Å². The summed E-state index contributed by atoms with van der Waals surface area (Å²) >= 11 is 0. The largest absolute Gasteiger partial charge is 0.481 e. The van der Waals surface area contributed by atoms with Gasteiger partial charge in [0.15, 0.2) is 0 Å². The Balaban J connectivity index is 5.13. The van der Waals surface area contributed by atoms with E-state index >= 15 is 0 Å². The highest BCUT2D eigenvalue weighted by Gasteiger charge is 2.28. The van der Waals surface area contributed by atoms with E-state index in [4.69, 9.17) is 14.9 Å². The zero-order chi connectivity index (χ0) is 27.3. The van der Waals surface area contributed by atoms with Gasteiger partial charge in [0.1, 0.15) is 0 Å². The number of carboxylic acids is 3. The number of hydrogen-bond donors (Lipinski definition) is 3. The van der Waals surface area contributed by atoms with Crippen LogP contribution in [0.5, 0.6) is 0 Å². The van der Waals surface area contributed by atoms with Crippen molar-refractivity contribution in [3.63, 3.8) is 0 Å². The highest BCUT2D eigenvalue weighted by atomic mass is 16.6. The first kappa shape index (κ1) is 32.4. The second-order valence-electron chi connectivity index (χ2n) is 10.3. The standard InChI is InChI=1S/C27H44O8/c1-8-16(2)9-17(3)10-18(4)11-19(5)12-20(6)13-22(25(30)31)14-21(7)27(34)35-23(26(32)33)15-24(28)29/h12-13,16-19,21,23H,8-11,14-15H2,1-7H3,(H,28,29)(H,30,31)(H,32,33)/b20-12+,22-13-/t16?,17?,18?,19?,21?,23-/m0/s1. The lowest BCUT2D eigenvalue weighted by Crippen LogP contribution is -2.32. The van der Waals surface area contributed by atoms with Crippen molar-refractivity contribution in [3.8, 4) is 0 Å². The fraction of sp³-hybridized carbons (Fsp3) is 0.704. The van der Waals surface area contributed by atoms with Gasteiger partial charge in [0, 0.05) is 5.57 Å². The van der Waals surface area contributed by atoms with E-state index in [0.29, 0.717) is 11.8 Å². The first-order valence-electron chi connectivity index (χ1n) is 12.4. The minimum Gasteiger partial charge on any atom is -0.481 e. The number of hydrogen-bond acceptors (Lipinski definition) is 5. The quantitative estimate of drug-likeness (QED) is 0.135. The average molecular weight is 497 g/mol. The minimum atomic E-state index is -1.82. The summed E-state index contributed by atoms with van der Waals surface area (Å²) in [5, 5.41) is 27.4. The van der Waals surface area contributed by atoms with Crippen LogP contribution in [0.15, 0.2) is 23.3 Å². The maximum atomic E-state index is 12.2.